The number of nitrogens with two attached hydrogens (primary N) is 1. The summed E-state index contributed by atoms with van der Waals surface area (Å²) in [6.07, 6.45) is 0. The average molecular weight is 389 g/mol. The van der Waals surface area contributed by atoms with E-state index in [0.717, 1.165) is 5.56 Å². The summed E-state index contributed by atoms with van der Waals surface area (Å²) in [6.45, 7) is 0.604. The normalized spacial score (nSPS) is 11.5. The Kier molecular flexibility index (Phi) is 7.73. The zero-order valence-corrected chi connectivity index (χ0v) is 15.7. The van der Waals surface area contributed by atoms with Gasteiger partial charge in [-0.15, -0.1) is 0 Å². The van der Waals surface area contributed by atoms with E-state index in [1.54, 1.807) is 0 Å². The van der Waals surface area contributed by atoms with Crippen molar-refractivity contribution in [3.63, 3.8) is 0 Å². The van der Waals surface area contributed by atoms with Gasteiger partial charge in [-0.3, -0.25) is 14.9 Å². The molecule has 0 fully saturated rings. The second-order valence-corrected chi connectivity index (χ2v) is 5.85. The van der Waals surface area contributed by atoms with Crippen LogP contribution in [0.1, 0.15) is 22.0 Å². The molecule has 0 aliphatic rings. The van der Waals surface area contributed by atoms with Gasteiger partial charge in [-0.25, -0.2) is 0 Å². The van der Waals surface area contributed by atoms with E-state index in [2.05, 4.69) is 5.32 Å². The van der Waals surface area contributed by atoms with Gasteiger partial charge < -0.3 is 25.3 Å². The fourth-order valence-corrected chi connectivity index (χ4v) is 2.51. The Hall–Kier alpha value is -3.17. The number of hydrogen-bond acceptors (Lipinski definition) is 7. The highest BCUT2D eigenvalue weighted by Gasteiger charge is 2.25. The van der Waals surface area contributed by atoms with Crippen LogP contribution >= 0.6 is 0 Å². The number of nitro benzene ring substituents is 1. The third-order valence-electron chi connectivity index (χ3n) is 3.98. The third kappa shape index (κ3) is 5.41. The quantitative estimate of drug-likeness (QED) is 0.362. The molecular weight excluding hydrogens is 366 g/mol. The maximum atomic E-state index is 12.6. The fraction of sp³-hybridized carbons (Fsp3) is 0.316. The van der Waals surface area contributed by atoms with Crippen LogP contribution in [-0.4, -0.2) is 44.8 Å². The van der Waals surface area contributed by atoms with Crippen LogP contribution in [0.2, 0.25) is 0 Å². The molecule has 0 saturated heterocycles. The lowest BCUT2D eigenvalue weighted by Gasteiger charge is -2.15. The summed E-state index contributed by atoms with van der Waals surface area (Å²) >= 11 is 0. The molecule has 150 valence electrons. The Balaban J connectivity index is 2.20. The first-order valence-corrected chi connectivity index (χ1v) is 8.54. The van der Waals surface area contributed by atoms with Crippen LogP contribution in [0.15, 0.2) is 42.5 Å². The molecule has 9 nitrogen and oxygen atoms in total. The number of nitrogens with zero attached hydrogens (tertiary/aromatic N) is 1. The van der Waals surface area contributed by atoms with Gasteiger partial charge in [0.05, 0.1) is 24.7 Å². The van der Waals surface area contributed by atoms with Gasteiger partial charge in [0.2, 0.25) is 0 Å². The Morgan fingerprint density at radius 1 is 1.18 bits per heavy atom. The van der Waals surface area contributed by atoms with Crippen LogP contribution in [0.25, 0.3) is 0 Å². The SMILES string of the molecule is COCCOc1cc([N+](=O)[O-])c(C(=O)NCC(N)c2ccccc2)cc1OC. The van der Waals surface area contributed by atoms with Crippen molar-refractivity contribution in [3.8, 4) is 11.5 Å². The monoisotopic (exact) mass is 389 g/mol. The second kappa shape index (κ2) is 10.2. The zero-order chi connectivity index (χ0) is 20.5. The minimum Gasteiger partial charge on any atom is -0.493 e. The van der Waals surface area contributed by atoms with Crippen LogP contribution in [0.5, 0.6) is 11.5 Å². The molecule has 0 heterocycles. The molecule has 2 rings (SSSR count). The minimum absolute atomic E-state index is 0.119. The summed E-state index contributed by atoms with van der Waals surface area (Å²) in [4.78, 5) is 23.4. The van der Waals surface area contributed by atoms with Crippen molar-refractivity contribution >= 4 is 11.6 Å². The first-order chi connectivity index (χ1) is 13.5. The van der Waals surface area contributed by atoms with Crippen LogP contribution in [0, 0.1) is 10.1 Å². The molecule has 2 aromatic rings. The average Bonchev–Trinajstić information content (AvgIpc) is 2.72. The molecule has 0 aliphatic heterocycles. The molecule has 3 N–H and O–H groups in total. The first kappa shape index (κ1) is 21.1. The number of carbonyl (C=O) groups excluding carboxylic acids is 1. The molecule has 0 aliphatic carbocycles. The number of benzene rings is 2. The zero-order valence-electron chi connectivity index (χ0n) is 15.7. The van der Waals surface area contributed by atoms with E-state index in [4.69, 9.17) is 19.9 Å². The molecule has 9 heteroatoms. The van der Waals surface area contributed by atoms with E-state index in [9.17, 15) is 14.9 Å². The maximum absolute atomic E-state index is 12.6. The molecule has 1 unspecified atom stereocenters. The number of hydrogen-bond donors (Lipinski definition) is 2. The lowest BCUT2D eigenvalue weighted by Crippen LogP contribution is -2.32. The minimum atomic E-state index is -0.644. The molecule has 0 bridgehead atoms. The van der Waals surface area contributed by atoms with Crippen molar-refractivity contribution in [3.05, 3.63) is 63.7 Å². The number of rotatable bonds is 10. The second-order valence-electron chi connectivity index (χ2n) is 5.85. The van der Waals surface area contributed by atoms with Crippen molar-refractivity contribution < 1.29 is 23.9 Å². The number of carbonyl (C=O) groups is 1. The predicted octanol–water partition coefficient (Wildman–Crippen LogP) is 2.06. The van der Waals surface area contributed by atoms with Crippen LogP contribution in [-0.2, 0) is 4.74 Å². The maximum Gasteiger partial charge on any atom is 0.286 e. The highest BCUT2D eigenvalue weighted by molar-refractivity contribution is 5.99. The number of methoxy groups -OCH3 is 2. The van der Waals surface area contributed by atoms with E-state index in [1.165, 1.54) is 26.4 Å². The van der Waals surface area contributed by atoms with Crippen LogP contribution in [0.3, 0.4) is 0 Å². The number of nitro groups is 1. The summed E-state index contributed by atoms with van der Waals surface area (Å²) in [7, 11) is 2.90. The summed E-state index contributed by atoms with van der Waals surface area (Å²) in [5.41, 5.74) is 6.38. The molecule has 0 spiro atoms. The van der Waals surface area contributed by atoms with Gasteiger partial charge in [0, 0.05) is 25.8 Å². The Morgan fingerprint density at radius 2 is 1.89 bits per heavy atom. The molecule has 2 aromatic carbocycles. The summed E-state index contributed by atoms with van der Waals surface area (Å²) in [6, 6.07) is 11.2. The first-order valence-electron chi connectivity index (χ1n) is 8.54. The highest BCUT2D eigenvalue weighted by Crippen LogP contribution is 2.34. The van der Waals surface area contributed by atoms with E-state index in [0.29, 0.717) is 6.61 Å². The lowest BCUT2D eigenvalue weighted by atomic mass is 10.1. The Labute approximate surface area is 162 Å². The standard InChI is InChI=1S/C19H23N3O6/c1-26-8-9-28-18-11-16(22(24)25)14(10-17(18)27-2)19(23)21-12-15(20)13-6-4-3-5-7-13/h3-7,10-11,15H,8-9,12,20H2,1-2H3,(H,21,23). The van der Waals surface area contributed by atoms with Crippen molar-refractivity contribution in [1.29, 1.82) is 0 Å². The largest absolute Gasteiger partial charge is 0.493 e. The third-order valence-corrected chi connectivity index (χ3v) is 3.98. The van der Waals surface area contributed by atoms with E-state index in [-0.39, 0.29) is 35.9 Å². The lowest BCUT2D eigenvalue weighted by molar-refractivity contribution is -0.385. The summed E-state index contributed by atoms with van der Waals surface area (Å²) in [5.74, 6) is -0.261. The van der Waals surface area contributed by atoms with Gasteiger partial charge in [0.15, 0.2) is 11.5 Å². The van der Waals surface area contributed by atoms with Gasteiger partial charge in [0.25, 0.3) is 11.6 Å². The van der Waals surface area contributed by atoms with Gasteiger partial charge >= 0.3 is 0 Å². The summed E-state index contributed by atoms with van der Waals surface area (Å²) < 4.78 is 15.5. The fourth-order valence-electron chi connectivity index (χ4n) is 2.51. The number of nitrogens with one attached hydrogen (secondary N) is 1. The van der Waals surface area contributed by atoms with Crippen molar-refractivity contribution in [2.75, 3.05) is 34.0 Å². The molecule has 1 atom stereocenters. The molecular formula is C19H23N3O6. The Bertz CT molecular complexity index is 813. The molecule has 1 amide bonds. The molecule has 0 radical (unpaired) electrons. The number of ether oxygens (including phenoxy) is 3. The van der Waals surface area contributed by atoms with Crippen molar-refractivity contribution in [1.82, 2.24) is 5.32 Å². The highest BCUT2D eigenvalue weighted by atomic mass is 16.6. The van der Waals surface area contributed by atoms with Crippen LogP contribution in [0.4, 0.5) is 5.69 Å². The van der Waals surface area contributed by atoms with E-state index < -0.39 is 16.9 Å². The molecule has 0 saturated carbocycles. The van der Waals surface area contributed by atoms with E-state index in [1.807, 2.05) is 30.3 Å². The van der Waals surface area contributed by atoms with Gasteiger partial charge in [-0.05, 0) is 5.56 Å². The van der Waals surface area contributed by atoms with Crippen molar-refractivity contribution in [2.24, 2.45) is 5.73 Å². The number of amides is 1. The topological polar surface area (TPSA) is 126 Å². The predicted molar refractivity (Wildman–Crippen MR) is 103 cm³/mol. The van der Waals surface area contributed by atoms with E-state index >= 15 is 0 Å². The van der Waals surface area contributed by atoms with Crippen LogP contribution < -0.4 is 20.5 Å². The van der Waals surface area contributed by atoms with Gasteiger partial charge in [-0.2, -0.15) is 0 Å². The summed E-state index contributed by atoms with van der Waals surface area (Å²) in [5, 5.41) is 14.1. The van der Waals surface area contributed by atoms with Crippen molar-refractivity contribution in [2.45, 2.75) is 6.04 Å². The van der Waals surface area contributed by atoms with Gasteiger partial charge in [0.1, 0.15) is 12.2 Å². The smallest absolute Gasteiger partial charge is 0.286 e. The molecule has 28 heavy (non-hydrogen) atoms. The van der Waals surface area contributed by atoms with Gasteiger partial charge in [-0.1, -0.05) is 30.3 Å². The molecule has 0 aromatic heterocycles. The Morgan fingerprint density at radius 3 is 2.50 bits per heavy atom.